The van der Waals surface area contributed by atoms with Crippen molar-refractivity contribution >= 4 is 5.84 Å². The van der Waals surface area contributed by atoms with Crippen LogP contribution in [0.15, 0.2) is 4.99 Å². The quantitative estimate of drug-likeness (QED) is 0.789. The molecule has 2 rings (SSSR count). The van der Waals surface area contributed by atoms with Gasteiger partial charge in [-0.05, 0) is 38.0 Å². The van der Waals surface area contributed by atoms with Crippen molar-refractivity contribution < 1.29 is 0 Å². The van der Waals surface area contributed by atoms with E-state index in [1.165, 1.54) is 70.0 Å². The van der Waals surface area contributed by atoms with E-state index in [0.29, 0.717) is 6.04 Å². The van der Waals surface area contributed by atoms with Crippen LogP contribution in [0.4, 0.5) is 0 Å². The minimum Gasteiger partial charge on any atom is -0.371 e. The normalized spacial score (nSPS) is 24.9. The summed E-state index contributed by atoms with van der Waals surface area (Å²) in [6, 6.07) is 0.687. The van der Waals surface area contributed by atoms with Gasteiger partial charge in [0.1, 0.15) is 0 Å². The lowest BCUT2D eigenvalue weighted by Gasteiger charge is -2.31. The Morgan fingerprint density at radius 3 is 2.65 bits per heavy atom. The molecule has 0 bridgehead atoms. The van der Waals surface area contributed by atoms with Crippen LogP contribution in [-0.4, -0.2) is 18.4 Å². The van der Waals surface area contributed by atoms with Crippen molar-refractivity contribution in [2.75, 3.05) is 6.54 Å². The zero-order chi connectivity index (χ0) is 11.9. The third-order valence-electron chi connectivity index (χ3n) is 4.39. The van der Waals surface area contributed by atoms with Crippen molar-refractivity contribution in [1.82, 2.24) is 5.32 Å². The van der Waals surface area contributed by atoms with E-state index >= 15 is 0 Å². The van der Waals surface area contributed by atoms with Crippen LogP contribution in [-0.2, 0) is 0 Å². The molecule has 1 aliphatic carbocycles. The molecule has 2 heteroatoms. The fourth-order valence-electron chi connectivity index (χ4n) is 3.30. The molecule has 1 N–H and O–H groups in total. The zero-order valence-corrected chi connectivity index (χ0v) is 11.4. The molecule has 98 valence electrons. The van der Waals surface area contributed by atoms with Crippen LogP contribution < -0.4 is 5.32 Å². The summed E-state index contributed by atoms with van der Waals surface area (Å²) in [5, 5.41) is 3.77. The first-order valence-corrected chi connectivity index (χ1v) is 7.70. The molecule has 2 nitrogen and oxygen atoms in total. The Labute approximate surface area is 106 Å². The fraction of sp³-hybridized carbons (Fsp3) is 0.933. The maximum atomic E-state index is 4.71. The maximum Gasteiger partial charge on any atom is 0.0965 e. The minimum atomic E-state index is 0.687. The second-order valence-corrected chi connectivity index (χ2v) is 5.70. The highest BCUT2D eigenvalue weighted by Gasteiger charge is 2.23. The minimum absolute atomic E-state index is 0.687. The summed E-state index contributed by atoms with van der Waals surface area (Å²) in [7, 11) is 0. The molecule has 1 aliphatic heterocycles. The van der Waals surface area contributed by atoms with Gasteiger partial charge in [0.25, 0.3) is 0 Å². The van der Waals surface area contributed by atoms with Crippen molar-refractivity contribution in [2.24, 2.45) is 10.9 Å². The van der Waals surface area contributed by atoms with Gasteiger partial charge in [-0.1, -0.05) is 32.6 Å². The van der Waals surface area contributed by atoms with Crippen molar-refractivity contribution in [1.29, 1.82) is 0 Å². The summed E-state index contributed by atoms with van der Waals surface area (Å²) in [5.74, 6) is 2.21. The van der Waals surface area contributed by atoms with Crippen LogP contribution in [0.1, 0.15) is 71.1 Å². The Balaban J connectivity index is 1.86. The highest BCUT2D eigenvalue weighted by molar-refractivity contribution is 5.82. The van der Waals surface area contributed by atoms with E-state index in [0.717, 1.165) is 12.5 Å². The largest absolute Gasteiger partial charge is 0.371 e. The van der Waals surface area contributed by atoms with Crippen molar-refractivity contribution in [3.05, 3.63) is 0 Å². The number of hydrogen-bond donors (Lipinski definition) is 1. The molecule has 0 aromatic rings. The SMILES string of the molecule is CCC(NC1=NCCCCC1)C1CCCCC1. The molecule has 1 saturated carbocycles. The topological polar surface area (TPSA) is 24.4 Å². The fourth-order valence-corrected chi connectivity index (χ4v) is 3.30. The molecule has 2 aliphatic rings. The highest BCUT2D eigenvalue weighted by Crippen LogP contribution is 2.27. The monoisotopic (exact) mass is 236 g/mol. The Morgan fingerprint density at radius 2 is 1.88 bits per heavy atom. The molecule has 0 aromatic heterocycles. The van der Waals surface area contributed by atoms with Gasteiger partial charge in [-0.15, -0.1) is 0 Å². The van der Waals surface area contributed by atoms with Gasteiger partial charge >= 0.3 is 0 Å². The van der Waals surface area contributed by atoms with Crippen LogP contribution in [0.5, 0.6) is 0 Å². The molecule has 1 atom stereocenters. The molecule has 0 amide bonds. The first-order chi connectivity index (χ1) is 8.40. The lowest BCUT2D eigenvalue weighted by atomic mass is 9.83. The Kier molecular flexibility index (Phi) is 5.34. The van der Waals surface area contributed by atoms with Gasteiger partial charge in [0.05, 0.1) is 5.84 Å². The highest BCUT2D eigenvalue weighted by atomic mass is 15.0. The summed E-state index contributed by atoms with van der Waals surface area (Å²) < 4.78 is 0. The second-order valence-electron chi connectivity index (χ2n) is 5.70. The predicted octanol–water partition coefficient (Wildman–Crippen LogP) is 3.91. The number of amidine groups is 1. The predicted molar refractivity (Wildman–Crippen MR) is 74.6 cm³/mol. The molecular weight excluding hydrogens is 208 g/mol. The van der Waals surface area contributed by atoms with E-state index in [-0.39, 0.29) is 0 Å². The van der Waals surface area contributed by atoms with Gasteiger partial charge < -0.3 is 5.32 Å². The van der Waals surface area contributed by atoms with Crippen LogP contribution in [0, 0.1) is 5.92 Å². The zero-order valence-electron chi connectivity index (χ0n) is 11.4. The van der Waals surface area contributed by atoms with Crippen LogP contribution in [0.3, 0.4) is 0 Å². The first-order valence-electron chi connectivity index (χ1n) is 7.70. The molecule has 0 aromatic carbocycles. The standard InChI is InChI=1S/C15H28N2/c1-2-14(13-9-5-3-6-10-13)17-15-11-7-4-8-12-16-15/h13-14H,2-12H2,1H3,(H,16,17). The van der Waals surface area contributed by atoms with Crippen LogP contribution >= 0.6 is 0 Å². The van der Waals surface area contributed by atoms with Crippen molar-refractivity contribution in [2.45, 2.75) is 77.2 Å². The average Bonchev–Trinajstić information content (AvgIpc) is 2.65. The van der Waals surface area contributed by atoms with Gasteiger partial charge in [-0.2, -0.15) is 0 Å². The average molecular weight is 236 g/mol. The molecule has 1 fully saturated rings. The Morgan fingerprint density at radius 1 is 1.12 bits per heavy atom. The van der Waals surface area contributed by atoms with Gasteiger partial charge in [0.2, 0.25) is 0 Å². The lowest BCUT2D eigenvalue weighted by Crippen LogP contribution is -2.40. The van der Waals surface area contributed by atoms with Crippen molar-refractivity contribution in [3.8, 4) is 0 Å². The number of nitrogens with one attached hydrogen (secondary N) is 1. The summed E-state index contributed by atoms with van der Waals surface area (Å²) >= 11 is 0. The molecule has 0 radical (unpaired) electrons. The third-order valence-corrected chi connectivity index (χ3v) is 4.39. The Hall–Kier alpha value is -0.530. The second kappa shape index (κ2) is 7.03. The third kappa shape index (κ3) is 4.01. The number of rotatable bonds is 3. The lowest BCUT2D eigenvalue weighted by molar-refractivity contribution is 0.283. The van der Waals surface area contributed by atoms with Crippen molar-refractivity contribution in [3.63, 3.8) is 0 Å². The summed E-state index contributed by atoms with van der Waals surface area (Å²) in [6.07, 6.45) is 13.6. The molecule has 1 heterocycles. The van der Waals surface area contributed by atoms with E-state index in [4.69, 9.17) is 4.99 Å². The summed E-state index contributed by atoms with van der Waals surface area (Å²) in [6.45, 7) is 3.37. The van der Waals surface area contributed by atoms with E-state index < -0.39 is 0 Å². The first kappa shape index (κ1) is 12.9. The van der Waals surface area contributed by atoms with E-state index in [1.807, 2.05) is 0 Å². The summed E-state index contributed by atoms with van der Waals surface area (Å²) in [5.41, 5.74) is 0. The number of aliphatic imine (C=N–C) groups is 1. The Bertz CT molecular complexity index is 241. The summed E-state index contributed by atoms with van der Waals surface area (Å²) in [4.78, 5) is 4.71. The molecule has 17 heavy (non-hydrogen) atoms. The van der Waals surface area contributed by atoms with Gasteiger partial charge in [-0.25, -0.2) is 0 Å². The van der Waals surface area contributed by atoms with Crippen LogP contribution in [0.2, 0.25) is 0 Å². The van der Waals surface area contributed by atoms with E-state index in [9.17, 15) is 0 Å². The maximum absolute atomic E-state index is 4.71. The molecule has 0 spiro atoms. The van der Waals surface area contributed by atoms with E-state index in [1.54, 1.807) is 0 Å². The molecular formula is C15H28N2. The van der Waals surface area contributed by atoms with Gasteiger partial charge in [0, 0.05) is 19.0 Å². The van der Waals surface area contributed by atoms with Gasteiger partial charge in [-0.3, -0.25) is 4.99 Å². The van der Waals surface area contributed by atoms with Gasteiger partial charge in [0.15, 0.2) is 0 Å². The van der Waals surface area contributed by atoms with E-state index in [2.05, 4.69) is 12.2 Å². The van der Waals surface area contributed by atoms with Crippen LogP contribution in [0.25, 0.3) is 0 Å². The molecule has 1 unspecified atom stereocenters. The number of nitrogens with zero attached hydrogens (tertiary/aromatic N) is 1. The smallest absolute Gasteiger partial charge is 0.0965 e. The number of hydrogen-bond acceptors (Lipinski definition) is 2. The molecule has 0 saturated heterocycles.